The Bertz CT molecular complexity index is 1120. The van der Waals surface area contributed by atoms with E-state index in [1.54, 1.807) is 24.7 Å². The van der Waals surface area contributed by atoms with E-state index in [-0.39, 0.29) is 22.6 Å². The topological polar surface area (TPSA) is 93.5 Å². The minimum Gasteiger partial charge on any atom is -0.379 e. The molecule has 164 valence electrons. The summed E-state index contributed by atoms with van der Waals surface area (Å²) in [6.07, 6.45) is 5.46. The zero-order valence-electron chi connectivity index (χ0n) is 17.1. The molecule has 2 aromatic heterocycles. The number of ether oxygens (including phenoxy) is 1. The second-order valence-corrected chi connectivity index (χ2v) is 10.6. The van der Waals surface area contributed by atoms with E-state index >= 15 is 0 Å². The number of morpholine rings is 1. The summed E-state index contributed by atoms with van der Waals surface area (Å²) in [6, 6.07) is 11.0. The Morgan fingerprint density at radius 1 is 1.19 bits per heavy atom. The van der Waals surface area contributed by atoms with Crippen LogP contribution in [0.3, 0.4) is 0 Å². The van der Waals surface area contributed by atoms with Crippen LogP contribution in [0.5, 0.6) is 0 Å². The van der Waals surface area contributed by atoms with Gasteiger partial charge in [-0.3, -0.25) is 4.79 Å². The molecule has 3 aromatic rings. The van der Waals surface area contributed by atoms with Gasteiger partial charge in [0.1, 0.15) is 4.21 Å². The number of amides is 1. The molecule has 31 heavy (non-hydrogen) atoms. The van der Waals surface area contributed by atoms with E-state index in [2.05, 4.69) is 10.3 Å². The van der Waals surface area contributed by atoms with E-state index < -0.39 is 10.0 Å². The Balaban J connectivity index is 1.35. The number of carbonyl (C=O) groups excluding carboxylic acids is 1. The molecule has 8 nitrogen and oxygen atoms in total. The van der Waals surface area contributed by atoms with Crippen molar-refractivity contribution in [2.75, 3.05) is 26.3 Å². The predicted octanol–water partition coefficient (Wildman–Crippen LogP) is 2.37. The Hall–Kier alpha value is -2.53. The molecule has 1 amide bonds. The summed E-state index contributed by atoms with van der Waals surface area (Å²) in [5.74, 6) is -0.150. The lowest BCUT2D eigenvalue weighted by molar-refractivity contribution is -0.121. The van der Waals surface area contributed by atoms with Gasteiger partial charge >= 0.3 is 0 Å². The van der Waals surface area contributed by atoms with Gasteiger partial charge in [-0.25, -0.2) is 13.4 Å². The van der Waals surface area contributed by atoms with Gasteiger partial charge in [-0.1, -0.05) is 12.1 Å². The van der Waals surface area contributed by atoms with Gasteiger partial charge < -0.3 is 14.6 Å². The molecule has 1 aliphatic heterocycles. The summed E-state index contributed by atoms with van der Waals surface area (Å²) in [7, 11) is -3.53. The van der Waals surface area contributed by atoms with Crippen LogP contribution >= 0.6 is 11.3 Å². The lowest BCUT2D eigenvalue weighted by Crippen LogP contribution is -2.40. The molecule has 0 spiro atoms. The second-order valence-electron chi connectivity index (χ2n) is 7.26. The lowest BCUT2D eigenvalue weighted by atomic mass is 10.1. The van der Waals surface area contributed by atoms with E-state index in [0.29, 0.717) is 31.2 Å². The van der Waals surface area contributed by atoms with Gasteiger partial charge in [-0.15, -0.1) is 11.3 Å². The third-order valence-electron chi connectivity index (χ3n) is 5.11. The highest BCUT2D eigenvalue weighted by atomic mass is 32.2. The van der Waals surface area contributed by atoms with Crippen LogP contribution in [-0.4, -0.2) is 54.5 Å². The van der Waals surface area contributed by atoms with Crippen molar-refractivity contribution in [1.82, 2.24) is 19.2 Å². The molecule has 3 heterocycles. The monoisotopic (exact) mass is 460 g/mol. The van der Waals surface area contributed by atoms with Crippen molar-refractivity contribution in [2.45, 2.75) is 23.6 Å². The van der Waals surface area contributed by atoms with E-state index in [9.17, 15) is 13.2 Å². The average Bonchev–Trinajstić information content (AvgIpc) is 3.47. The first-order valence-electron chi connectivity index (χ1n) is 9.98. The third-order valence-corrected chi connectivity index (χ3v) is 8.56. The maximum absolute atomic E-state index is 12.7. The fourth-order valence-electron chi connectivity index (χ4n) is 3.39. The maximum Gasteiger partial charge on any atom is 0.252 e. The van der Waals surface area contributed by atoms with E-state index in [1.165, 1.54) is 4.31 Å². The molecule has 1 atom stereocenters. The van der Waals surface area contributed by atoms with Crippen LogP contribution in [0.15, 0.2) is 59.3 Å². The summed E-state index contributed by atoms with van der Waals surface area (Å²) in [5.41, 5.74) is 1.98. The highest BCUT2D eigenvalue weighted by molar-refractivity contribution is 7.91. The smallest absolute Gasteiger partial charge is 0.252 e. The van der Waals surface area contributed by atoms with Gasteiger partial charge in [0.25, 0.3) is 10.0 Å². The number of sulfonamides is 1. The third kappa shape index (κ3) is 5.04. The summed E-state index contributed by atoms with van der Waals surface area (Å²) in [6.45, 7) is 3.44. The molecule has 1 saturated heterocycles. The molecular formula is C21H24N4O4S2. The molecule has 1 N–H and O–H groups in total. The summed E-state index contributed by atoms with van der Waals surface area (Å²) < 4.78 is 34.3. The van der Waals surface area contributed by atoms with E-state index in [0.717, 1.165) is 22.6 Å². The predicted molar refractivity (Wildman–Crippen MR) is 118 cm³/mol. The molecule has 4 rings (SSSR count). The lowest BCUT2D eigenvalue weighted by Gasteiger charge is -2.25. The molecule has 1 aliphatic rings. The summed E-state index contributed by atoms with van der Waals surface area (Å²) in [4.78, 5) is 17.3. The zero-order valence-corrected chi connectivity index (χ0v) is 18.7. The van der Waals surface area contributed by atoms with Crippen molar-refractivity contribution in [3.8, 4) is 5.69 Å². The van der Waals surface area contributed by atoms with Gasteiger partial charge in [0.2, 0.25) is 5.91 Å². The number of aromatic nitrogens is 2. The van der Waals surface area contributed by atoms with Crippen molar-refractivity contribution < 1.29 is 17.9 Å². The van der Waals surface area contributed by atoms with Crippen LogP contribution in [0.4, 0.5) is 0 Å². The summed E-state index contributed by atoms with van der Waals surface area (Å²) >= 11 is 1.15. The average molecular weight is 461 g/mol. The zero-order chi connectivity index (χ0) is 21.8. The maximum atomic E-state index is 12.7. The first-order chi connectivity index (χ1) is 14.9. The Labute approximate surface area is 185 Å². The molecule has 10 heteroatoms. The minimum atomic E-state index is -3.53. The van der Waals surface area contributed by atoms with Crippen molar-refractivity contribution in [2.24, 2.45) is 0 Å². The standard InChI is InChI=1S/C21H24N4O4S2/c1-16(17-2-4-18(5-3-17)24-9-8-22-15-24)23-20(26)14-19-6-7-21(30-19)31(27,28)25-10-12-29-13-11-25/h2-9,15-16H,10-14H2,1H3,(H,23,26). The number of rotatable bonds is 7. The van der Waals surface area contributed by atoms with Crippen LogP contribution in [-0.2, 0) is 26.0 Å². The van der Waals surface area contributed by atoms with Crippen LogP contribution in [0.25, 0.3) is 5.69 Å². The number of thiophene rings is 1. The Morgan fingerprint density at radius 2 is 1.94 bits per heavy atom. The molecule has 0 aliphatic carbocycles. The number of hydrogen-bond acceptors (Lipinski definition) is 6. The fraction of sp³-hybridized carbons (Fsp3) is 0.333. The first kappa shape index (κ1) is 21.7. The van der Waals surface area contributed by atoms with Gasteiger partial charge in [-0.2, -0.15) is 4.31 Å². The molecule has 0 bridgehead atoms. The Morgan fingerprint density at radius 3 is 2.61 bits per heavy atom. The van der Waals surface area contributed by atoms with Crippen LogP contribution in [0.2, 0.25) is 0 Å². The highest BCUT2D eigenvalue weighted by Crippen LogP contribution is 2.26. The number of imidazole rings is 1. The molecule has 1 fully saturated rings. The highest BCUT2D eigenvalue weighted by Gasteiger charge is 2.28. The molecule has 0 saturated carbocycles. The van der Waals surface area contributed by atoms with Crippen molar-refractivity contribution >= 4 is 27.3 Å². The number of carbonyl (C=O) groups is 1. The quantitative estimate of drug-likeness (QED) is 0.584. The summed E-state index contributed by atoms with van der Waals surface area (Å²) in [5, 5.41) is 2.98. The number of nitrogens with one attached hydrogen (secondary N) is 1. The number of benzene rings is 1. The fourth-order valence-corrected chi connectivity index (χ4v) is 6.30. The minimum absolute atomic E-state index is 0.140. The van der Waals surface area contributed by atoms with Crippen molar-refractivity contribution in [3.63, 3.8) is 0 Å². The normalized spacial score (nSPS) is 16.2. The van der Waals surface area contributed by atoms with Crippen LogP contribution in [0.1, 0.15) is 23.4 Å². The van der Waals surface area contributed by atoms with Gasteiger partial charge in [0, 0.05) is 36.0 Å². The van der Waals surface area contributed by atoms with Gasteiger partial charge in [0.15, 0.2) is 0 Å². The van der Waals surface area contributed by atoms with Gasteiger partial charge in [0.05, 0.1) is 32.0 Å². The largest absolute Gasteiger partial charge is 0.379 e. The van der Waals surface area contributed by atoms with Crippen molar-refractivity contribution in [3.05, 3.63) is 65.6 Å². The van der Waals surface area contributed by atoms with Gasteiger partial charge in [-0.05, 0) is 36.8 Å². The van der Waals surface area contributed by atoms with Crippen molar-refractivity contribution in [1.29, 1.82) is 0 Å². The first-order valence-corrected chi connectivity index (χ1v) is 12.2. The number of nitrogens with zero attached hydrogens (tertiary/aromatic N) is 3. The molecular weight excluding hydrogens is 436 g/mol. The van der Waals surface area contributed by atoms with Crippen LogP contribution < -0.4 is 5.32 Å². The number of hydrogen-bond donors (Lipinski definition) is 1. The molecule has 0 radical (unpaired) electrons. The SMILES string of the molecule is CC(NC(=O)Cc1ccc(S(=O)(=O)N2CCOCC2)s1)c1ccc(-n2ccnc2)cc1. The second kappa shape index (κ2) is 9.31. The molecule has 1 aromatic carbocycles. The van der Waals surface area contributed by atoms with E-state index in [1.807, 2.05) is 42.0 Å². The van der Waals surface area contributed by atoms with Crippen LogP contribution in [0, 0.1) is 0 Å². The Kier molecular flexibility index (Phi) is 6.51. The molecule has 1 unspecified atom stereocenters. The van der Waals surface area contributed by atoms with E-state index in [4.69, 9.17) is 4.74 Å².